The Bertz CT molecular complexity index is 168. The number of hydrazine groups is 1. The Morgan fingerprint density at radius 3 is 2.80 bits per heavy atom. The molecule has 0 spiro atoms. The predicted molar refractivity (Wildman–Crippen MR) is 65.7 cm³/mol. The molecule has 1 heterocycles. The van der Waals surface area contributed by atoms with E-state index in [0.717, 1.165) is 5.92 Å². The smallest absolute Gasteiger partial charge is 0.0227 e. The zero-order valence-electron chi connectivity index (χ0n) is 10.8. The van der Waals surface area contributed by atoms with Gasteiger partial charge in [-0.15, -0.1) is 0 Å². The summed E-state index contributed by atoms with van der Waals surface area (Å²) in [5, 5.41) is 2.07. The molecular weight excluding hydrogens is 186 g/mol. The highest BCUT2D eigenvalue weighted by atomic mass is 15.5. The monoisotopic (exact) mass is 213 g/mol. The number of hydrogen-bond acceptors (Lipinski definition) is 3. The zero-order chi connectivity index (χ0) is 11.3. The summed E-state index contributed by atoms with van der Waals surface area (Å²) in [5.41, 5.74) is 3.48. The molecule has 2 unspecified atom stereocenters. The number of piperidine rings is 1. The lowest BCUT2D eigenvalue weighted by atomic mass is 9.92. The first-order chi connectivity index (χ1) is 7.13. The Hall–Kier alpha value is -0.120. The van der Waals surface area contributed by atoms with E-state index in [1.165, 1.54) is 38.9 Å². The molecule has 0 saturated carbocycles. The minimum absolute atomic E-state index is 0.597. The lowest BCUT2D eigenvalue weighted by Gasteiger charge is -2.36. The molecule has 3 nitrogen and oxygen atoms in total. The van der Waals surface area contributed by atoms with Crippen molar-refractivity contribution < 1.29 is 0 Å². The van der Waals surface area contributed by atoms with Crippen LogP contribution in [0.25, 0.3) is 0 Å². The molecule has 0 aromatic heterocycles. The number of nitrogens with one attached hydrogen (secondary N) is 1. The van der Waals surface area contributed by atoms with Crippen molar-refractivity contribution in [1.82, 2.24) is 15.3 Å². The first-order valence-electron chi connectivity index (χ1n) is 6.29. The van der Waals surface area contributed by atoms with Crippen molar-refractivity contribution in [3.05, 3.63) is 0 Å². The lowest BCUT2D eigenvalue weighted by molar-refractivity contribution is 0.120. The van der Waals surface area contributed by atoms with E-state index in [1.807, 2.05) is 0 Å². The Kier molecular flexibility index (Phi) is 5.58. The van der Waals surface area contributed by atoms with Crippen LogP contribution in [0.4, 0.5) is 0 Å². The summed E-state index contributed by atoms with van der Waals surface area (Å²) in [5.74, 6) is 0.813. The van der Waals surface area contributed by atoms with Gasteiger partial charge < -0.3 is 4.90 Å². The molecule has 1 N–H and O–H groups in total. The molecule has 0 aromatic rings. The summed E-state index contributed by atoms with van der Waals surface area (Å²) >= 11 is 0. The van der Waals surface area contributed by atoms with Crippen molar-refractivity contribution in [2.24, 2.45) is 5.92 Å². The standard InChI is InChI=1S/C12H27N3/c1-5-8-15-9-6-7-12(10-15)11(2)13-14(3)4/h11-13H,5-10H2,1-4H3. The van der Waals surface area contributed by atoms with Gasteiger partial charge in [0.2, 0.25) is 0 Å². The summed E-state index contributed by atoms with van der Waals surface area (Å²) in [6, 6.07) is 0.597. The topological polar surface area (TPSA) is 18.5 Å². The fourth-order valence-corrected chi connectivity index (χ4v) is 2.53. The summed E-state index contributed by atoms with van der Waals surface area (Å²) in [6.07, 6.45) is 4.02. The van der Waals surface area contributed by atoms with Gasteiger partial charge in [-0.1, -0.05) is 6.92 Å². The van der Waals surface area contributed by atoms with Gasteiger partial charge in [0.15, 0.2) is 0 Å². The van der Waals surface area contributed by atoms with Crippen molar-refractivity contribution in [2.45, 2.75) is 39.2 Å². The molecule has 1 aliphatic rings. The van der Waals surface area contributed by atoms with Gasteiger partial charge in [-0.05, 0) is 45.2 Å². The van der Waals surface area contributed by atoms with E-state index in [9.17, 15) is 0 Å². The van der Waals surface area contributed by atoms with E-state index in [4.69, 9.17) is 0 Å². The highest BCUT2D eigenvalue weighted by Gasteiger charge is 2.24. The SMILES string of the molecule is CCCN1CCCC(C(C)NN(C)C)C1. The molecule has 3 heteroatoms. The van der Waals surface area contributed by atoms with Crippen molar-refractivity contribution in [3.63, 3.8) is 0 Å². The predicted octanol–water partition coefficient (Wildman–Crippen LogP) is 1.56. The normalized spacial score (nSPS) is 25.8. The fraction of sp³-hybridized carbons (Fsp3) is 1.00. The Balaban J connectivity index is 2.34. The van der Waals surface area contributed by atoms with Gasteiger partial charge in [0.25, 0.3) is 0 Å². The van der Waals surface area contributed by atoms with E-state index in [0.29, 0.717) is 6.04 Å². The molecule has 1 fully saturated rings. The Morgan fingerprint density at radius 1 is 1.47 bits per heavy atom. The Morgan fingerprint density at radius 2 is 2.20 bits per heavy atom. The second-order valence-corrected chi connectivity index (χ2v) is 5.02. The Labute approximate surface area is 94.8 Å². The first kappa shape index (κ1) is 12.9. The second-order valence-electron chi connectivity index (χ2n) is 5.02. The number of hydrogen-bond donors (Lipinski definition) is 1. The maximum absolute atomic E-state index is 3.48. The van der Waals surface area contributed by atoms with Crippen LogP contribution in [0.3, 0.4) is 0 Å². The number of nitrogens with zero attached hydrogens (tertiary/aromatic N) is 2. The van der Waals surface area contributed by atoms with Crippen LogP contribution in [0.1, 0.15) is 33.1 Å². The first-order valence-corrected chi connectivity index (χ1v) is 6.29. The zero-order valence-corrected chi connectivity index (χ0v) is 10.8. The highest BCUT2D eigenvalue weighted by molar-refractivity contribution is 4.79. The maximum atomic E-state index is 3.48. The van der Waals surface area contributed by atoms with Crippen molar-refractivity contribution >= 4 is 0 Å². The second kappa shape index (κ2) is 6.46. The van der Waals surface area contributed by atoms with E-state index in [2.05, 4.69) is 43.3 Å². The van der Waals surface area contributed by atoms with Crippen LogP contribution in [0.15, 0.2) is 0 Å². The largest absolute Gasteiger partial charge is 0.303 e. The minimum Gasteiger partial charge on any atom is -0.303 e. The van der Waals surface area contributed by atoms with Gasteiger partial charge in [-0.3, -0.25) is 10.4 Å². The summed E-state index contributed by atoms with van der Waals surface area (Å²) in [4.78, 5) is 2.61. The van der Waals surface area contributed by atoms with Gasteiger partial charge in [0.1, 0.15) is 0 Å². The van der Waals surface area contributed by atoms with Crippen LogP contribution in [0.5, 0.6) is 0 Å². The van der Waals surface area contributed by atoms with Gasteiger partial charge in [0, 0.05) is 26.7 Å². The van der Waals surface area contributed by atoms with Crippen molar-refractivity contribution in [1.29, 1.82) is 0 Å². The van der Waals surface area contributed by atoms with E-state index >= 15 is 0 Å². The minimum atomic E-state index is 0.597. The molecule has 1 rings (SSSR count). The summed E-state index contributed by atoms with van der Waals surface area (Å²) in [7, 11) is 4.15. The molecular formula is C12H27N3. The molecule has 0 aromatic carbocycles. The van der Waals surface area contributed by atoms with E-state index in [-0.39, 0.29) is 0 Å². The van der Waals surface area contributed by atoms with Crippen molar-refractivity contribution in [2.75, 3.05) is 33.7 Å². The highest BCUT2D eigenvalue weighted by Crippen LogP contribution is 2.19. The molecule has 0 radical (unpaired) electrons. The van der Waals surface area contributed by atoms with E-state index < -0.39 is 0 Å². The van der Waals surface area contributed by atoms with Gasteiger partial charge in [0.05, 0.1) is 0 Å². The number of rotatable bonds is 5. The van der Waals surface area contributed by atoms with Crippen LogP contribution in [-0.4, -0.2) is 49.7 Å². The third-order valence-electron chi connectivity index (χ3n) is 3.25. The van der Waals surface area contributed by atoms with Crippen LogP contribution >= 0.6 is 0 Å². The molecule has 2 atom stereocenters. The molecule has 1 saturated heterocycles. The summed E-state index contributed by atoms with van der Waals surface area (Å²) in [6.45, 7) is 8.42. The number of likely N-dealkylation sites (tertiary alicyclic amines) is 1. The molecule has 15 heavy (non-hydrogen) atoms. The molecule has 0 amide bonds. The molecule has 0 aliphatic carbocycles. The van der Waals surface area contributed by atoms with Crippen LogP contribution in [0.2, 0.25) is 0 Å². The van der Waals surface area contributed by atoms with Gasteiger partial charge in [-0.25, -0.2) is 0 Å². The third kappa shape index (κ3) is 4.49. The molecule has 1 aliphatic heterocycles. The average Bonchev–Trinajstić information content (AvgIpc) is 2.17. The van der Waals surface area contributed by atoms with E-state index in [1.54, 1.807) is 0 Å². The van der Waals surface area contributed by atoms with Gasteiger partial charge in [-0.2, -0.15) is 0 Å². The maximum Gasteiger partial charge on any atom is 0.0227 e. The molecule has 90 valence electrons. The van der Waals surface area contributed by atoms with Gasteiger partial charge >= 0.3 is 0 Å². The van der Waals surface area contributed by atoms with Crippen LogP contribution in [0, 0.1) is 5.92 Å². The lowest BCUT2D eigenvalue weighted by Crippen LogP contribution is -2.48. The third-order valence-corrected chi connectivity index (χ3v) is 3.25. The summed E-state index contributed by atoms with van der Waals surface area (Å²) < 4.78 is 0. The average molecular weight is 213 g/mol. The van der Waals surface area contributed by atoms with Crippen molar-refractivity contribution in [3.8, 4) is 0 Å². The fourth-order valence-electron chi connectivity index (χ4n) is 2.53. The quantitative estimate of drug-likeness (QED) is 0.699. The van der Waals surface area contributed by atoms with Crippen LogP contribution in [-0.2, 0) is 0 Å². The molecule has 0 bridgehead atoms. The van der Waals surface area contributed by atoms with Crippen LogP contribution < -0.4 is 5.43 Å².